The highest BCUT2D eigenvalue weighted by Gasteiger charge is 2.47. The summed E-state index contributed by atoms with van der Waals surface area (Å²) in [6, 6.07) is 18.1. The summed E-state index contributed by atoms with van der Waals surface area (Å²) in [5.74, 6) is -1.76. The first kappa shape index (κ1) is 27.6. The summed E-state index contributed by atoms with van der Waals surface area (Å²) < 4.78 is 10.7. The molecule has 0 radical (unpaired) electrons. The molecule has 1 aliphatic heterocycles. The minimum Gasteiger partial charge on any atom is -0.507 e. The van der Waals surface area contributed by atoms with Crippen molar-refractivity contribution in [3.05, 3.63) is 100 Å². The number of esters is 1. The summed E-state index contributed by atoms with van der Waals surface area (Å²) in [7, 11) is 1.58. The molecular weight excluding hydrogens is 494 g/mol. The van der Waals surface area contributed by atoms with E-state index in [0.717, 1.165) is 11.1 Å². The van der Waals surface area contributed by atoms with Crippen LogP contribution in [0, 0.1) is 6.92 Å². The van der Waals surface area contributed by atoms with Crippen molar-refractivity contribution in [2.24, 2.45) is 0 Å². The zero-order chi connectivity index (χ0) is 28.5. The Morgan fingerprint density at radius 1 is 0.974 bits per heavy atom. The summed E-state index contributed by atoms with van der Waals surface area (Å²) in [5.41, 5.74) is 3.04. The third kappa shape index (κ3) is 5.17. The SMILES string of the molecule is CCOC(=O)c1cccc(N2C(=O)C(=O)/C(=C(/O)c3ccc(OC)c(C(C)(C)C)c3)C2c2ccccc2C)c1. The number of ether oxygens (including phenoxy) is 2. The lowest BCUT2D eigenvalue weighted by Gasteiger charge is -2.27. The number of hydrogen-bond acceptors (Lipinski definition) is 6. The fourth-order valence-electron chi connectivity index (χ4n) is 4.88. The third-order valence-corrected chi connectivity index (χ3v) is 6.84. The van der Waals surface area contributed by atoms with Gasteiger partial charge < -0.3 is 14.6 Å². The molecule has 202 valence electrons. The van der Waals surface area contributed by atoms with Crippen molar-refractivity contribution in [3.8, 4) is 5.75 Å². The van der Waals surface area contributed by atoms with Gasteiger partial charge in [-0.2, -0.15) is 0 Å². The zero-order valence-electron chi connectivity index (χ0n) is 23.1. The van der Waals surface area contributed by atoms with Gasteiger partial charge in [0.25, 0.3) is 11.7 Å². The number of rotatable bonds is 6. The van der Waals surface area contributed by atoms with E-state index in [-0.39, 0.29) is 28.9 Å². The van der Waals surface area contributed by atoms with Gasteiger partial charge in [-0.1, -0.05) is 51.1 Å². The first-order valence-electron chi connectivity index (χ1n) is 12.8. The van der Waals surface area contributed by atoms with Gasteiger partial charge in [0.2, 0.25) is 0 Å². The Balaban J connectivity index is 1.96. The second kappa shape index (κ2) is 10.8. The van der Waals surface area contributed by atoms with E-state index in [1.807, 2.05) is 52.0 Å². The van der Waals surface area contributed by atoms with Gasteiger partial charge in [-0.3, -0.25) is 14.5 Å². The van der Waals surface area contributed by atoms with E-state index in [2.05, 4.69) is 0 Å². The minimum atomic E-state index is -0.913. The van der Waals surface area contributed by atoms with E-state index < -0.39 is 23.7 Å². The standard InChI is InChI=1S/C32H33NO6/c1-7-39-31(37)21-12-10-13-22(17-21)33-27(23-14-9-8-11-19(23)2)26(29(35)30(33)36)28(34)20-15-16-25(38-6)24(18-20)32(3,4)5/h8-18,27,34H,7H2,1-6H3/b28-26+. The van der Waals surface area contributed by atoms with Crippen molar-refractivity contribution in [1.29, 1.82) is 0 Å². The number of carbonyl (C=O) groups excluding carboxylic acids is 3. The molecule has 4 rings (SSSR count). The molecule has 1 saturated heterocycles. The molecule has 0 aromatic heterocycles. The molecule has 1 fully saturated rings. The van der Waals surface area contributed by atoms with Crippen molar-refractivity contribution >= 4 is 29.1 Å². The second-order valence-electron chi connectivity index (χ2n) is 10.5. The maximum absolute atomic E-state index is 13.6. The second-order valence-corrected chi connectivity index (χ2v) is 10.5. The molecule has 1 N–H and O–H groups in total. The molecular formula is C32H33NO6. The van der Waals surface area contributed by atoms with Gasteiger partial charge in [0.05, 0.1) is 30.9 Å². The van der Waals surface area contributed by atoms with Crippen LogP contribution in [0.15, 0.2) is 72.3 Å². The number of benzene rings is 3. The van der Waals surface area contributed by atoms with Crippen LogP contribution in [0.1, 0.15) is 66.3 Å². The van der Waals surface area contributed by atoms with Gasteiger partial charge in [-0.05, 0) is 66.8 Å². The molecule has 1 heterocycles. The third-order valence-electron chi connectivity index (χ3n) is 6.84. The molecule has 0 spiro atoms. The van der Waals surface area contributed by atoms with Crippen molar-refractivity contribution in [2.75, 3.05) is 18.6 Å². The Labute approximate surface area is 228 Å². The van der Waals surface area contributed by atoms with Gasteiger partial charge in [0.15, 0.2) is 0 Å². The number of aliphatic hydroxyl groups excluding tert-OH is 1. The molecule has 1 amide bonds. The summed E-state index contributed by atoms with van der Waals surface area (Å²) >= 11 is 0. The predicted octanol–water partition coefficient (Wildman–Crippen LogP) is 6.10. The number of ketones is 1. The first-order chi connectivity index (χ1) is 18.5. The predicted molar refractivity (Wildman–Crippen MR) is 150 cm³/mol. The highest BCUT2D eigenvalue weighted by molar-refractivity contribution is 6.51. The monoisotopic (exact) mass is 527 g/mol. The highest BCUT2D eigenvalue weighted by atomic mass is 16.5. The number of methoxy groups -OCH3 is 1. The zero-order valence-corrected chi connectivity index (χ0v) is 23.1. The number of Topliss-reactive ketones (excluding diaryl/α,β-unsaturated/α-hetero) is 1. The number of aryl methyl sites for hydroxylation is 1. The molecule has 1 atom stereocenters. The number of carbonyl (C=O) groups is 3. The van der Waals surface area contributed by atoms with E-state index in [1.54, 1.807) is 50.4 Å². The Morgan fingerprint density at radius 3 is 2.33 bits per heavy atom. The van der Waals surface area contributed by atoms with Crippen molar-refractivity contribution < 1.29 is 29.0 Å². The van der Waals surface area contributed by atoms with Gasteiger partial charge >= 0.3 is 5.97 Å². The van der Waals surface area contributed by atoms with E-state index in [1.165, 1.54) is 11.0 Å². The average molecular weight is 528 g/mol. The molecule has 3 aromatic carbocycles. The van der Waals surface area contributed by atoms with Crippen LogP contribution in [0.5, 0.6) is 5.75 Å². The van der Waals surface area contributed by atoms with Crippen LogP contribution in [-0.2, 0) is 19.7 Å². The average Bonchev–Trinajstić information content (AvgIpc) is 3.17. The van der Waals surface area contributed by atoms with E-state index >= 15 is 0 Å². The molecule has 3 aromatic rings. The lowest BCUT2D eigenvalue weighted by Crippen LogP contribution is -2.30. The molecule has 0 bridgehead atoms. The number of hydrogen-bond donors (Lipinski definition) is 1. The quantitative estimate of drug-likeness (QED) is 0.180. The van der Waals surface area contributed by atoms with Crippen LogP contribution in [-0.4, -0.2) is 36.5 Å². The number of amides is 1. The normalized spacial score (nSPS) is 16.9. The Kier molecular flexibility index (Phi) is 7.63. The summed E-state index contributed by atoms with van der Waals surface area (Å²) in [5, 5.41) is 11.6. The first-order valence-corrected chi connectivity index (χ1v) is 12.8. The minimum absolute atomic E-state index is 0.0270. The number of aliphatic hydroxyl groups is 1. The van der Waals surface area contributed by atoms with Crippen LogP contribution in [0.25, 0.3) is 5.76 Å². The van der Waals surface area contributed by atoms with Gasteiger partial charge in [0.1, 0.15) is 11.5 Å². The molecule has 1 aliphatic rings. The summed E-state index contributed by atoms with van der Waals surface area (Å²) in [4.78, 5) is 40.9. The number of nitrogens with zero attached hydrogens (tertiary/aromatic N) is 1. The van der Waals surface area contributed by atoms with E-state index in [0.29, 0.717) is 22.6 Å². The van der Waals surface area contributed by atoms with Gasteiger partial charge in [-0.15, -0.1) is 0 Å². The fourth-order valence-corrected chi connectivity index (χ4v) is 4.88. The van der Waals surface area contributed by atoms with Crippen molar-refractivity contribution in [1.82, 2.24) is 0 Å². The smallest absolute Gasteiger partial charge is 0.338 e. The summed E-state index contributed by atoms with van der Waals surface area (Å²) in [6.45, 7) is 9.87. The Morgan fingerprint density at radius 2 is 1.69 bits per heavy atom. The largest absolute Gasteiger partial charge is 0.507 e. The van der Waals surface area contributed by atoms with E-state index in [4.69, 9.17) is 9.47 Å². The van der Waals surface area contributed by atoms with Gasteiger partial charge in [0, 0.05) is 16.8 Å². The molecule has 39 heavy (non-hydrogen) atoms. The van der Waals surface area contributed by atoms with Crippen molar-refractivity contribution in [2.45, 2.75) is 46.1 Å². The topological polar surface area (TPSA) is 93.1 Å². The molecule has 0 aliphatic carbocycles. The maximum Gasteiger partial charge on any atom is 0.338 e. The lowest BCUT2D eigenvalue weighted by atomic mass is 9.84. The highest BCUT2D eigenvalue weighted by Crippen LogP contribution is 2.44. The molecule has 7 heteroatoms. The molecule has 1 unspecified atom stereocenters. The molecule has 7 nitrogen and oxygen atoms in total. The Hall–Kier alpha value is -4.39. The maximum atomic E-state index is 13.6. The summed E-state index contributed by atoms with van der Waals surface area (Å²) in [6.07, 6.45) is 0. The lowest BCUT2D eigenvalue weighted by molar-refractivity contribution is -0.132. The van der Waals surface area contributed by atoms with Crippen LogP contribution in [0.3, 0.4) is 0 Å². The Bertz CT molecular complexity index is 1480. The fraction of sp³-hybridized carbons (Fsp3) is 0.281. The van der Waals surface area contributed by atoms with Crippen molar-refractivity contribution in [3.63, 3.8) is 0 Å². The molecule has 0 saturated carbocycles. The van der Waals surface area contributed by atoms with Crippen LogP contribution < -0.4 is 9.64 Å². The number of anilines is 1. The van der Waals surface area contributed by atoms with Crippen LogP contribution in [0.4, 0.5) is 5.69 Å². The van der Waals surface area contributed by atoms with Crippen LogP contribution >= 0.6 is 0 Å². The van der Waals surface area contributed by atoms with Gasteiger partial charge in [-0.25, -0.2) is 4.79 Å². The van der Waals surface area contributed by atoms with E-state index in [9.17, 15) is 19.5 Å². The van der Waals surface area contributed by atoms with Crippen LogP contribution in [0.2, 0.25) is 0 Å².